The Balaban J connectivity index is 0.00000529. The lowest BCUT2D eigenvalue weighted by Crippen LogP contribution is -2.39. The van der Waals surface area contributed by atoms with Crippen molar-refractivity contribution in [1.29, 1.82) is 0 Å². The fourth-order valence-corrected chi connectivity index (χ4v) is 2.25. The maximum atomic E-state index is 11.9. The molecular formula is C18H31IN4O. The van der Waals surface area contributed by atoms with Crippen molar-refractivity contribution >= 4 is 35.8 Å². The highest BCUT2D eigenvalue weighted by atomic mass is 127. The zero-order valence-electron chi connectivity index (χ0n) is 15.4. The summed E-state index contributed by atoms with van der Waals surface area (Å²) in [5.74, 6) is 1.50. The van der Waals surface area contributed by atoms with Gasteiger partial charge in [-0.3, -0.25) is 9.79 Å². The van der Waals surface area contributed by atoms with Gasteiger partial charge in [0.1, 0.15) is 0 Å². The molecule has 0 aromatic heterocycles. The molecule has 0 spiro atoms. The van der Waals surface area contributed by atoms with E-state index in [-0.39, 0.29) is 29.9 Å². The van der Waals surface area contributed by atoms with Gasteiger partial charge in [-0.2, -0.15) is 0 Å². The fourth-order valence-electron chi connectivity index (χ4n) is 2.25. The second-order valence-electron chi connectivity index (χ2n) is 5.89. The number of guanidine groups is 1. The average molecular weight is 446 g/mol. The number of halogens is 1. The highest BCUT2D eigenvalue weighted by Gasteiger charge is 2.08. The Morgan fingerprint density at radius 2 is 1.71 bits per heavy atom. The van der Waals surface area contributed by atoms with E-state index < -0.39 is 0 Å². The summed E-state index contributed by atoms with van der Waals surface area (Å²) < 4.78 is 0. The monoisotopic (exact) mass is 446 g/mol. The number of rotatable bonds is 7. The number of hydrogen-bond donors (Lipinski definition) is 2. The van der Waals surface area contributed by atoms with Crippen molar-refractivity contribution in [3.63, 3.8) is 0 Å². The van der Waals surface area contributed by atoms with E-state index in [1.165, 1.54) is 12.8 Å². The molecule has 0 aliphatic heterocycles. The molecule has 1 rings (SSSR count). The van der Waals surface area contributed by atoms with Gasteiger partial charge in [-0.05, 0) is 23.6 Å². The first kappa shape index (κ1) is 22.7. The zero-order chi connectivity index (χ0) is 17.2. The van der Waals surface area contributed by atoms with Gasteiger partial charge < -0.3 is 15.5 Å². The van der Waals surface area contributed by atoms with E-state index in [2.05, 4.69) is 29.5 Å². The van der Waals surface area contributed by atoms with Crippen LogP contribution in [0.4, 0.5) is 0 Å². The van der Waals surface area contributed by atoms with Crippen LogP contribution < -0.4 is 10.6 Å². The van der Waals surface area contributed by atoms with E-state index in [9.17, 15) is 4.79 Å². The number of benzene rings is 1. The molecule has 24 heavy (non-hydrogen) atoms. The van der Waals surface area contributed by atoms with Gasteiger partial charge in [-0.25, -0.2) is 0 Å². The first-order valence-corrected chi connectivity index (χ1v) is 8.26. The molecule has 5 nitrogen and oxygen atoms in total. The van der Waals surface area contributed by atoms with Gasteiger partial charge in [-0.15, -0.1) is 24.0 Å². The van der Waals surface area contributed by atoms with Gasteiger partial charge >= 0.3 is 0 Å². The van der Waals surface area contributed by atoms with Crippen LogP contribution in [0.25, 0.3) is 0 Å². The molecule has 0 saturated heterocycles. The minimum absolute atomic E-state index is 0. The summed E-state index contributed by atoms with van der Waals surface area (Å²) in [4.78, 5) is 17.7. The third-order valence-electron chi connectivity index (χ3n) is 4.00. The lowest BCUT2D eigenvalue weighted by atomic mass is 10.0. The number of carbonyl (C=O) groups excluding carboxylic acids is 1. The highest BCUT2D eigenvalue weighted by molar-refractivity contribution is 14.0. The van der Waals surface area contributed by atoms with Crippen LogP contribution in [0.5, 0.6) is 0 Å². The van der Waals surface area contributed by atoms with Crippen LogP contribution in [0, 0.1) is 5.92 Å². The zero-order valence-corrected chi connectivity index (χ0v) is 17.8. The third kappa shape index (κ3) is 7.51. The molecule has 0 atom stereocenters. The Bertz CT molecular complexity index is 510. The molecule has 0 bridgehead atoms. The summed E-state index contributed by atoms with van der Waals surface area (Å²) in [6.07, 6.45) is 2.34. The topological polar surface area (TPSA) is 56.7 Å². The molecule has 1 aromatic carbocycles. The van der Waals surface area contributed by atoms with Crippen LogP contribution in [-0.4, -0.2) is 44.5 Å². The van der Waals surface area contributed by atoms with Crippen molar-refractivity contribution in [3.05, 3.63) is 35.4 Å². The highest BCUT2D eigenvalue weighted by Crippen LogP contribution is 2.07. The summed E-state index contributed by atoms with van der Waals surface area (Å²) in [7, 11) is 5.29. The van der Waals surface area contributed by atoms with Gasteiger partial charge in [-0.1, -0.05) is 38.8 Å². The predicted molar refractivity (Wildman–Crippen MR) is 112 cm³/mol. The van der Waals surface area contributed by atoms with Crippen molar-refractivity contribution in [2.75, 3.05) is 27.7 Å². The number of aliphatic imine (C=N–C) groups is 1. The number of hydrogen-bond acceptors (Lipinski definition) is 2. The van der Waals surface area contributed by atoms with Gasteiger partial charge in [0.15, 0.2) is 5.96 Å². The normalized spacial score (nSPS) is 11.0. The van der Waals surface area contributed by atoms with Crippen molar-refractivity contribution < 1.29 is 4.79 Å². The summed E-state index contributed by atoms with van der Waals surface area (Å²) in [6.45, 7) is 6.03. The molecule has 136 valence electrons. The lowest BCUT2D eigenvalue weighted by molar-refractivity contribution is 0.0827. The first-order chi connectivity index (χ1) is 11.0. The van der Waals surface area contributed by atoms with Gasteiger partial charge in [0, 0.05) is 39.8 Å². The Morgan fingerprint density at radius 1 is 1.12 bits per heavy atom. The molecule has 1 amide bonds. The van der Waals surface area contributed by atoms with E-state index in [0.717, 1.165) is 18.1 Å². The van der Waals surface area contributed by atoms with Gasteiger partial charge in [0.05, 0.1) is 0 Å². The summed E-state index contributed by atoms with van der Waals surface area (Å²) in [6, 6.07) is 7.66. The average Bonchev–Trinajstić information content (AvgIpc) is 2.58. The molecule has 1 aromatic rings. The van der Waals surface area contributed by atoms with Crippen LogP contribution in [0.1, 0.15) is 42.6 Å². The molecule has 0 aliphatic rings. The standard InChI is InChI=1S/C18H30N4O.HI/c1-6-14(7-2)12-20-18(19-3)21-13-15-8-10-16(11-9-15)17(23)22(4)5;/h8-11,14H,6-7,12-13H2,1-5H3,(H2,19,20,21);1H. The van der Waals surface area contributed by atoms with E-state index in [4.69, 9.17) is 0 Å². The maximum Gasteiger partial charge on any atom is 0.253 e. The quantitative estimate of drug-likeness (QED) is 0.385. The van der Waals surface area contributed by atoms with E-state index >= 15 is 0 Å². The lowest BCUT2D eigenvalue weighted by Gasteiger charge is -2.17. The van der Waals surface area contributed by atoms with Crippen molar-refractivity contribution in [1.82, 2.24) is 15.5 Å². The van der Waals surface area contributed by atoms with Crippen molar-refractivity contribution in [3.8, 4) is 0 Å². The molecule has 0 unspecified atom stereocenters. The van der Waals surface area contributed by atoms with Crippen molar-refractivity contribution in [2.45, 2.75) is 33.2 Å². The van der Waals surface area contributed by atoms with Crippen LogP contribution in [0.3, 0.4) is 0 Å². The summed E-state index contributed by atoms with van der Waals surface area (Å²) in [5.41, 5.74) is 1.82. The third-order valence-corrected chi connectivity index (χ3v) is 4.00. The minimum atomic E-state index is 0. The smallest absolute Gasteiger partial charge is 0.253 e. The molecule has 0 saturated carbocycles. The number of carbonyl (C=O) groups is 1. The van der Waals surface area contributed by atoms with E-state index in [0.29, 0.717) is 18.0 Å². The largest absolute Gasteiger partial charge is 0.356 e. The minimum Gasteiger partial charge on any atom is -0.356 e. The number of amides is 1. The Labute approximate surface area is 163 Å². The predicted octanol–water partition coefficient (Wildman–Crippen LogP) is 3.11. The Kier molecular flexibility index (Phi) is 11.4. The number of nitrogens with one attached hydrogen (secondary N) is 2. The molecule has 6 heteroatoms. The van der Waals surface area contributed by atoms with E-state index in [1.807, 2.05) is 24.3 Å². The molecular weight excluding hydrogens is 415 g/mol. The van der Waals surface area contributed by atoms with Gasteiger partial charge in [0.25, 0.3) is 5.91 Å². The second-order valence-corrected chi connectivity index (χ2v) is 5.89. The summed E-state index contributed by atoms with van der Waals surface area (Å²) in [5, 5.41) is 6.67. The Morgan fingerprint density at radius 3 is 2.17 bits per heavy atom. The first-order valence-electron chi connectivity index (χ1n) is 8.26. The fraction of sp³-hybridized carbons (Fsp3) is 0.556. The molecule has 0 radical (unpaired) electrons. The van der Waals surface area contributed by atoms with Crippen LogP contribution in [0.2, 0.25) is 0 Å². The molecule has 0 heterocycles. The van der Waals surface area contributed by atoms with Crippen LogP contribution >= 0.6 is 24.0 Å². The summed E-state index contributed by atoms with van der Waals surface area (Å²) >= 11 is 0. The van der Waals surface area contributed by atoms with Crippen molar-refractivity contribution in [2.24, 2.45) is 10.9 Å². The number of nitrogens with zero attached hydrogens (tertiary/aromatic N) is 2. The molecule has 0 fully saturated rings. The maximum absolute atomic E-state index is 11.9. The van der Waals surface area contributed by atoms with Gasteiger partial charge in [0.2, 0.25) is 0 Å². The van der Waals surface area contributed by atoms with Crippen LogP contribution in [0.15, 0.2) is 29.3 Å². The second kappa shape index (κ2) is 12.1. The molecule has 2 N–H and O–H groups in total. The SMILES string of the molecule is CCC(CC)CNC(=NC)NCc1ccc(C(=O)N(C)C)cc1.I. The Hall–Kier alpha value is -1.31. The van der Waals surface area contributed by atoms with E-state index in [1.54, 1.807) is 26.0 Å². The molecule has 0 aliphatic carbocycles. The van der Waals surface area contributed by atoms with Crippen LogP contribution in [-0.2, 0) is 6.54 Å².